The summed E-state index contributed by atoms with van der Waals surface area (Å²) in [6.45, 7) is 5.10. The maximum Gasteiger partial charge on any atom is 0.273 e. The highest BCUT2D eigenvalue weighted by Crippen LogP contribution is 2.47. The SMILES string of the molecule is Cc1nc(N[C@H](C)c2cccc3c2CCC3(F)F)c2cc3c(cc2n1)OCC1COCCC31O. The van der Waals surface area contributed by atoms with E-state index in [4.69, 9.17) is 9.47 Å². The number of alkyl halides is 2. The Kier molecular flexibility index (Phi) is 4.83. The first-order valence-corrected chi connectivity index (χ1v) is 11.8. The van der Waals surface area contributed by atoms with Crippen LogP contribution in [-0.2, 0) is 22.7 Å². The number of anilines is 1. The number of aliphatic hydroxyl groups is 1. The first-order chi connectivity index (χ1) is 16.3. The van der Waals surface area contributed by atoms with Gasteiger partial charge >= 0.3 is 0 Å². The predicted molar refractivity (Wildman–Crippen MR) is 123 cm³/mol. The van der Waals surface area contributed by atoms with Gasteiger partial charge in [-0.2, -0.15) is 0 Å². The number of benzene rings is 2. The average Bonchev–Trinajstić information content (AvgIpc) is 3.12. The van der Waals surface area contributed by atoms with E-state index in [-0.39, 0.29) is 23.9 Å². The zero-order valence-electron chi connectivity index (χ0n) is 19.2. The molecule has 0 spiro atoms. The van der Waals surface area contributed by atoms with Gasteiger partial charge in [-0.3, -0.25) is 0 Å². The monoisotopic (exact) mass is 467 g/mol. The van der Waals surface area contributed by atoms with E-state index in [9.17, 15) is 13.9 Å². The summed E-state index contributed by atoms with van der Waals surface area (Å²) in [6, 6.07) is 8.66. The van der Waals surface area contributed by atoms with Crippen LogP contribution in [0.3, 0.4) is 0 Å². The number of aryl methyl sites for hydroxylation is 1. The fourth-order valence-electron chi connectivity index (χ4n) is 5.70. The molecular formula is C26H27F2N3O3. The van der Waals surface area contributed by atoms with Crippen molar-refractivity contribution in [2.24, 2.45) is 5.92 Å². The minimum atomic E-state index is -2.78. The van der Waals surface area contributed by atoms with Crippen molar-refractivity contribution in [3.63, 3.8) is 0 Å². The molecule has 3 heterocycles. The molecule has 1 fully saturated rings. The van der Waals surface area contributed by atoms with Crippen molar-refractivity contribution in [3.05, 3.63) is 58.4 Å². The molecule has 1 aliphatic carbocycles. The number of hydrogen-bond acceptors (Lipinski definition) is 6. The van der Waals surface area contributed by atoms with Gasteiger partial charge in [0, 0.05) is 47.9 Å². The number of rotatable bonds is 3. The van der Waals surface area contributed by atoms with E-state index in [1.165, 1.54) is 6.07 Å². The Morgan fingerprint density at radius 1 is 1.15 bits per heavy atom. The maximum atomic E-state index is 14.3. The van der Waals surface area contributed by atoms with Crippen LogP contribution in [0.15, 0.2) is 30.3 Å². The Balaban J connectivity index is 1.42. The topological polar surface area (TPSA) is 76.5 Å². The molecular weight excluding hydrogens is 440 g/mol. The molecule has 8 heteroatoms. The fourth-order valence-corrected chi connectivity index (χ4v) is 5.70. The number of nitrogens with zero attached hydrogens (tertiary/aromatic N) is 2. The molecule has 3 aliphatic rings. The Labute approximate surface area is 196 Å². The van der Waals surface area contributed by atoms with Crippen molar-refractivity contribution in [3.8, 4) is 5.75 Å². The zero-order valence-corrected chi connectivity index (χ0v) is 19.2. The Morgan fingerprint density at radius 2 is 2.00 bits per heavy atom. The Morgan fingerprint density at radius 3 is 2.85 bits per heavy atom. The third-order valence-corrected chi connectivity index (χ3v) is 7.55. The molecule has 0 amide bonds. The van der Waals surface area contributed by atoms with Crippen molar-refractivity contribution < 1.29 is 23.4 Å². The summed E-state index contributed by atoms with van der Waals surface area (Å²) in [5, 5.41) is 15.8. The van der Waals surface area contributed by atoms with E-state index in [0.717, 1.165) is 16.5 Å². The van der Waals surface area contributed by atoms with Gasteiger partial charge in [0.25, 0.3) is 5.92 Å². The number of halogens is 2. The lowest BCUT2D eigenvalue weighted by Gasteiger charge is -2.44. The summed E-state index contributed by atoms with van der Waals surface area (Å²) >= 11 is 0. The molecule has 0 radical (unpaired) electrons. The van der Waals surface area contributed by atoms with Crippen molar-refractivity contribution in [2.75, 3.05) is 25.1 Å². The minimum absolute atomic E-state index is 0.126. The molecule has 2 aliphatic heterocycles. The van der Waals surface area contributed by atoms with Gasteiger partial charge in [0.1, 0.15) is 23.0 Å². The van der Waals surface area contributed by atoms with E-state index < -0.39 is 11.5 Å². The van der Waals surface area contributed by atoms with Gasteiger partial charge in [0.2, 0.25) is 0 Å². The fraction of sp³-hybridized carbons (Fsp3) is 0.462. The molecule has 3 atom stereocenters. The van der Waals surface area contributed by atoms with Gasteiger partial charge in [0.05, 0.1) is 24.8 Å². The van der Waals surface area contributed by atoms with Crippen LogP contribution in [0.5, 0.6) is 5.75 Å². The van der Waals surface area contributed by atoms with Crippen LogP contribution < -0.4 is 10.1 Å². The normalized spacial score (nSPS) is 25.7. The summed E-state index contributed by atoms with van der Waals surface area (Å²) in [4.78, 5) is 9.24. The quantitative estimate of drug-likeness (QED) is 0.578. The molecule has 6 nitrogen and oxygen atoms in total. The number of ether oxygens (including phenoxy) is 2. The van der Waals surface area contributed by atoms with E-state index in [0.29, 0.717) is 61.1 Å². The molecule has 2 unspecified atom stereocenters. The van der Waals surface area contributed by atoms with Crippen LogP contribution in [0.1, 0.15) is 53.9 Å². The van der Waals surface area contributed by atoms with Crippen LogP contribution in [0, 0.1) is 12.8 Å². The number of hydrogen-bond donors (Lipinski definition) is 2. The second kappa shape index (κ2) is 7.58. The molecule has 2 aromatic carbocycles. The van der Waals surface area contributed by atoms with E-state index >= 15 is 0 Å². The van der Waals surface area contributed by atoms with E-state index in [2.05, 4.69) is 15.3 Å². The highest BCUT2D eigenvalue weighted by atomic mass is 19.3. The molecule has 1 aromatic heterocycles. The summed E-state index contributed by atoms with van der Waals surface area (Å²) in [5.41, 5.74) is 2.10. The second-order valence-corrected chi connectivity index (χ2v) is 9.69. The molecule has 3 aromatic rings. The van der Waals surface area contributed by atoms with Gasteiger partial charge in [-0.1, -0.05) is 18.2 Å². The largest absolute Gasteiger partial charge is 0.493 e. The summed E-state index contributed by atoms with van der Waals surface area (Å²) in [6.07, 6.45) is 0.697. The Hall–Kier alpha value is -2.84. The van der Waals surface area contributed by atoms with Gasteiger partial charge in [-0.05, 0) is 37.5 Å². The van der Waals surface area contributed by atoms with Gasteiger partial charge in [-0.15, -0.1) is 0 Å². The predicted octanol–water partition coefficient (Wildman–Crippen LogP) is 4.77. The molecule has 0 bridgehead atoms. The number of aromatic nitrogens is 2. The molecule has 6 rings (SSSR count). The van der Waals surface area contributed by atoms with Gasteiger partial charge in [0.15, 0.2) is 0 Å². The van der Waals surface area contributed by atoms with Crippen LogP contribution in [-0.4, -0.2) is 34.9 Å². The average molecular weight is 468 g/mol. The summed E-state index contributed by atoms with van der Waals surface area (Å²) in [5.74, 6) is -1.09. The van der Waals surface area contributed by atoms with E-state index in [1.807, 2.05) is 32.0 Å². The molecule has 1 saturated heterocycles. The molecule has 2 N–H and O–H groups in total. The van der Waals surface area contributed by atoms with Crippen molar-refractivity contribution in [1.82, 2.24) is 9.97 Å². The smallest absolute Gasteiger partial charge is 0.273 e. The van der Waals surface area contributed by atoms with Crippen LogP contribution in [0.25, 0.3) is 10.9 Å². The van der Waals surface area contributed by atoms with Crippen LogP contribution in [0.4, 0.5) is 14.6 Å². The molecule has 178 valence electrons. The van der Waals surface area contributed by atoms with Crippen molar-refractivity contribution >= 4 is 16.7 Å². The minimum Gasteiger partial charge on any atom is -0.493 e. The maximum absolute atomic E-state index is 14.3. The number of fused-ring (bicyclic) bond motifs is 5. The summed E-state index contributed by atoms with van der Waals surface area (Å²) < 4.78 is 40.2. The lowest BCUT2D eigenvalue weighted by atomic mass is 9.76. The third kappa shape index (κ3) is 3.26. The summed E-state index contributed by atoms with van der Waals surface area (Å²) in [7, 11) is 0. The van der Waals surface area contributed by atoms with Crippen LogP contribution in [0.2, 0.25) is 0 Å². The van der Waals surface area contributed by atoms with Gasteiger partial charge < -0.3 is 19.9 Å². The lowest BCUT2D eigenvalue weighted by Crippen LogP contribution is -2.48. The van der Waals surface area contributed by atoms with Crippen LogP contribution >= 0.6 is 0 Å². The Bertz CT molecular complexity index is 1300. The van der Waals surface area contributed by atoms with Gasteiger partial charge in [-0.25, -0.2) is 18.7 Å². The molecule has 34 heavy (non-hydrogen) atoms. The lowest BCUT2D eigenvalue weighted by molar-refractivity contribution is -0.140. The first kappa shape index (κ1) is 21.7. The third-order valence-electron chi connectivity index (χ3n) is 7.55. The first-order valence-electron chi connectivity index (χ1n) is 11.8. The van der Waals surface area contributed by atoms with Crippen molar-refractivity contribution in [2.45, 2.75) is 50.7 Å². The highest BCUT2D eigenvalue weighted by Gasteiger charge is 2.46. The highest BCUT2D eigenvalue weighted by molar-refractivity contribution is 5.91. The molecule has 0 saturated carbocycles. The zero-order chi connectivity index (χ0) is 23.7. The van der Waals surface area contributed by atoms with Crippen molar-refractivity contribution in [1.29, 1.82) is 0 Å². The number of nitrogens with one attached hydrogen (secondary N) is 1. The second-order valence-electron chi connectivity index (χ2n) is 9.69. The van der Waals surface area contributed by atoms with E-state index in [1.54, 1.807) is 6.07 Å². The standard InChI is InChI=1S/C26H27F2N3O3/c1-14(17-4-3-5-20-18(17)6-7-26(20,27)28)29-24-19-10-21-23(11-22(19)30-15(2)31-24)34-13-16-12-33-9-8-25(16,21)32/h3-5,10-11,14,16,32H,6-9,12-13H2,1-2H3,(H,29,30,31)/t14-,16?,25?/m1/s1.